The fraction of sp³-hybridized carbons (Fsp3) is 0.342. The van der Waals surface area contributed by atoms with Crippen LogP contribution in [0.4, 0.5) is 0 Å². The molecule has 0 aromatic carbocycles. The van der Waals surface area contributed by atoms with Crippen molar-refractivity contribution in [1.82, 2.24) is 5.32 Å². The zero-order chi connectivity index (χ0) is 34.5. The zero-order valence-corrected chi connectivity index (χ0v) is 25.5. The average molecular weight is 625 g/mol. The van der Waals surface area contributed by atoms with Crippen LogP contribution in [0.1, 0.15) is 26.7 Å². The number of amides is 1. The summed E-state index contributed by atoms with van der Waals surface area (Å²) >= 11 is 0. The molecule has 232 valence electrons. The van der Waals surface area contributed by atoms with Gasteiger partial charge in [-0.15, -0.1) is 0 Å². The Morgan fingerprint density at radius 2 is 1.15 bits per heavy atom. The van der Waals surface area contributed by atoms with Crippen molar-refractivity contribution < 1.29 is 34.7 Å². The Kier molecular flexibility index (Phi) is 20.9. The number of hydrogen-bond donors (Lipinski definition) is 6. The summed E-state index contributed by atoms with van der Waals surface area (Å²) in [7, 11) is 0. The molecule has 0 saturated carbocycles. The third-order valence-corrected chi connectivity index (χ3v) is 5.36. The van der Waals surface area contributed by atoms with Crippen molar-refractivity contribution in [2.75, 3.05) is 13.2 Å². The highest BCUT2D eigenvalue weighted by atomic mass is 16.7. The van der Waals surface area contributed by atoms with Crippen molar-refractivity contribution in [3.63, 3.8) is 0 Å². The van der Waals surface area contributed by atoms with E-state index in [0.29, 0.717) is 6.42 Å². The number of nitrogens with two attached hydrogens (primary N) is 1. The van der Waals surface area contributed by atoms with E-state index in [-0.39, 0.29) is 6.61 Å². The highest BCUT2D eigenvalue weighted by Crippen LogP contribution is 2.22. The van der Waals surface area contributed by atoms with Crippen LogP contribution in [-0.4, -0.2) is 82.3 Å². The molecule has 0 aromatic rings. The molecular weight excluding hydrogens is 596 g/mol. The first-order valence-electron chi connectivity index (χ1n) is 13.8. The molecule has 1 aliphatic heterocycles. The molecule has 0 radical (unpaired) electrons. The lowest BCUT2D eigenvalue weighted by Crippen LogP contribution is -2.60. The van der Waals surface area contributed by atoms with Crippen molar-refractivity contribution in [2.45, 2.75) is 69.5 Å². The maximum atomic E-state index is 12.3. The van der Waals surface area contributed by atoms with Gasteiger partial charge in [0.15, 0.2) is 6.29 Å². The van der Waals surface area contributed by atoms with Gasteiger partial charge in [0.05, 0.1) is 19.3 Å². The maximum Gasteiger partial charge on any atom is 0.297 e. The molecular formula is C38H28N2O7. The number of carbonyl (C=O) groups is 1. The van der Waals surface area contributed by atoms with E-state index in [9.17, 15) is 25.2 Å². The molecule has 2 unspecified atom stereocenters. The zero-order valence-electron chi connectivity index (χ0n) is 25.5. The molecule has 1 saturated heterocycles. The Hall–Kier alpha value is -6.09. The molecule has 1 heterocycles. The summed E-state index contributed by atoms with van der Waals surface area (Å²) < 4.78 is 10.9. The third kappa shape index (κ3) is 17.7. The van der Waals surface area contributed by atoms with Gasteiger partial charge in [0.25, 0.3) is 5.91 Å². The van der Waals surface area contributed by atoms with Crippen LogP contribution in [0, 0.1) is 142 Å². The van der Waals surface area contributed by atoms with E-state index in [2.05, 4.69) is 147 Å². The van der Waals surface area contributed by atoms with Gasteiger partial charge in [-0.3, -0.25) is 4.79 Å². The largest absolute Gasteiger partial charge is 0.394 e. The lowest BCUT2D eigenvalue weighted by molar-refractivity contribution is -0.302. The maximum absolute atomic E-state index is 12.3. The van der Waals surface area contributed by atoms with E-state index in [1.807, 2.05) is 6.92 Å². The lowest BCUT2D eigenvalue weighted by atomic mass is 9.99. The van der Waals surface area contributed by atoms with Crippen molar-refractivity contribution in [3.8, 4) is 142 Å². The number of aliphatic hydroxyl groups is 4. The van der Waals surface area contributed by atoms with Crippen LogP contribution in [0.5, 0.6) is 0 Å². The molecule has 1 amide bonds. The Bertz CT molecular complexity index is 1890. The standard InChI is InChI=1S/C38H28N2O7/c1-3-5-6-7-8-9-10-11-12-13-14-15-16-17-18-19-20-21-22-23-24-25-26-28-34(42)40-32(31(39)27-4-2)30-46-38-37(45)36(44)35(43)33(29-41)47-38/h31-33,35-38,41,43-45H,4,27,29-30,39H2,1-2H3,(H,40,42)/t31-,32+,33?,35+,36+,37?,38+/m1/s1. The van der Waals surface area contributed by atoms with Gasteiger partial charge >= 0.3 is 0 Å². The summed E-state index contributed by atoms with van der Waals surface area (Å²) in [4.78, 5) is 12.3. The fourth-order valence-electron chi connectivity index (χ4n) is 3.19. The number of rotatable bonds is 8. The lowest BCUT2D eigenvalue weighted by Gasteiger charge is -2.40. The molecule has 0 bridgehead atoms. The number of hydrogen-bond acceptors (Lipinski definition) is 8. The summed E-state index contributed by atoms with van der Waals surface area (Å²) in [5.74, 6) is 58.6. The first-order chi connectivity index (χ1) is 22.8. The van der Waals surface area contributed by atoms with Gasteiger partial charge in [0.2, 0.25) is 0 Å². The van der Waals surface area contributed by atoms with Crippen LogP contribution in [0.15, 0.2) is 0 Å². The van der Waals surface area contributed by atoms with Crippen molar-refractivity contribution in [3.05, 3.63) is 0 Å². The molecule has 0 aliphatic carbocycles. The van der Waals surface area contributed by atoms with Crippen LogP contribution in [0.3, 0.4) is 0 Å². The Balaban J connectivity index is 2.61. The van der Waals surface area contributed by atoms with E-state index < -0.39 is 55.3 Å². The minimum Gasteiger partial charge on any atom is -0.394 e. The van der Waals surface area contributed by atoms with E-state index in [4.69, 9.17) is 15.2 Å². The predicted octanol–water partition coefficient (Wildman–Crippen LogP) is -2.52. The van der Waals surface area contributed by atoms with Gasteiger partial charge < -0.3 is 41.0 Å². The quantitative estimate of drug-likeness (QED) is 0.162. The second kappa shape index (κ2) is 25.3. The number of carbonyl (C=O) groups excluding carboxylic acids is 1. The van der Waals surface area contributed by atoms with Gasteiger partial charge in [-0.05, 0) is 108 Å². The van der Waals surface area contributed by atoms with Crippen LogP contribution in [0.2, 0.25) is 0 Å². The summed E-state index contributed by atoms with van der Waals surface area (Å²) in [5.41, 5.74) is 6.17. The molecule has 0 aromatic heterocycles. The molecule has 47 heavy (non-hydrogen) atoms. The van der Waals surface area contributed by atoms with Gasteiger partial charge in [0, 0.05) is 47.5 Å². The first-order valence-corrected chi connectivity index (χ1v) is 13.8. The normalized spacial score (nSPS) is 18.7. The second-order valence-electron chi connectivity index (χ2n) is 8.69. The van der Waals surface area contributed by atoms with Gasteiger partial charge in [-0.1, -0.05) is 19.3 Å². The van der Waals surface area contributed by atoms with Crippen LogP contribution in [-0.2, 0) is 14.3 Å². The summed E-state index contributed by atoms with van der Waals surface area (Å²) in [6.45, 7) is 2.78. The molecule has 1 fully saturated rings. The minimum atomic E-state index is -1.60. The highest BCUT2D eigenvalue weighted by molar-refractivity contribution is 5.94. The van der Waals surface area contributed by atoms with E-state index in [0.717, 1.165) is 6.42 Å². The average Bonchev–Trinajstić information content (AvgIpc) is 3.06. The predicted molar refractivity (Wildman–Crippen MR) is 174 cm³/mol. The first kappa shape index (κ1) is 38.9. The molecule has 7 atom stereocenters. The number of aliphatic hydroxyl groups excluding tert-OH is 4. The summed E-state index contributed by atoms with van der Waals surface area (Å²) in [5, 5.41) is 41.9. The second-order valence-corrected chi connectivity index (χ2v) is 8.69. The van der Waals surface area contributed by atoms with Gasteiger partial charge in [-0.2, -0.15) is 0 Å². The summed E-state index contributed by atoms with van der Waals surface area (Å²) in [6, 6.07) is -1.26. The van der Waals surface area contributed by atoms with E-state index >= 15 is 0 Å². The third-order valence-electron chi connectivity index (χ3n) is 5.36. The molecule has 0 spiro atoms. The van der Waals surface area contributed by atoms with Crippen molar-refractivity contribution in [1.29, 1.82) is 0 Å². The molecule has 9 nitrogen and oxygen atoms in total. The minimum absolute atomic E-state index is 0.205. The SMILES string of the molecule is CC#CC#CC#CC#CC#CC#CC#CC#CC#CC#CC#CC#CC(=O)N[C@@H](CO[C@H]1OC(CO)[C@H](O)[C@H](O)C1O)[C@H](N)CCC. The molecule has 1 rings (SSSR count). The Morgan fingerprint density at radius 3 is 1.55 bits per heavy atom. The van der Waals surface area contributed by atoms with E-state index in [1.54, 1.807) is 6.92 Å². The van der Waals surface area contributed by atoms with Crippen LogP contribution < -0.4 is 11.1 Å². The van der Waals surface area contributed by atoms with Crippen LogP contribution in [0.25, 0.3) is 0 Å². The highest BCUT2D eigenvalue weighted by Gasteiger charge is 2.44. The monoisotopic (exact) mass is 624 g/mol. The van der Waals surface area contributed by atoms with Gasteiger partial charge in [0.1, 0.15) is 24.4 Å². The fourth-order valence-corrected chi connectivity index (χ4v) is 3.19. The summed E-state index contributed by atoms with van der Waals surface area (Å²) in [6.07, 6.45) is -5.96. The Morgan fingerprint density at radius 1 is 0.723 bits per heavy atom. The topological polar surface area (TPSA) is 155 Å². The number of nitrogens with one attached hydrogen (secondary N) is 1. The smallest absolute Gasteiger partial charge is 0.297 e. The Labute approximate surface area is 276 Å². The molecule has 7 N–H and O–H groups in total. The molecule has 9 heteroatoms. The van der Waals surface area contributed by atoms with Crippen molar-refractivity contribution in [2.24, 2.45) is 5.73 Å². The van der Waals surface area contributed by atoms with Crippen molar-refractivity contribution >= 4 is 5.91 Å². The van der Waals surface area contributed by atoms with Crippen LogP contribution >= 0.6 is 0 Å². The molecule has 1 aliphatic rings. The van der Waals surface area contributed by atoms with Gasteiger partial charge in [-0.25, -0.2) is 0 Å². The number of ether oxygens (including phenoxy) is 2. The van der Waals surface area contributed by atoms with E-state index in [1.165, 1.54) is 0 Å².